The van der Waals surface area contributed by atoms with Gasteiger partial charge >= 0.3 is 11.9 Å². The second-order valence-electron chi connectivity index (χ2n) is 6.02. The minimum Gasteiger partial charge on any atom is -0.481 e. The van der Waals surface area contributed by atoms with Crippen molar-refractivity contribution in [3.63, 3.8) is 0 Å². The van der Waals surface area contributed by atoms with Crippen LogP contribution in [0.2, 0.25) is 0 Å². The van der Waals surface area contributed by atoms with Gasteiger partial charge in [-0.05, 0) is 32.1 Å². The van der Waals surface area contributed by atoms with E-state index in [1.54, 1.807) is 0 Å². The summed E-state index contributed by atoms with van der Waals surface area (Å²) in [5.74, 6) is -1.68. The van der Waals surface area contributed by atoms with E-state index in [4.69, 9.17) is 21.3 Å². The molecule has 8 heteroatoms. The zero-order valence-corrected chi connectivity index (χ0v) is 15.8. The van der Waals surface area contributed by atoms with E-state index in [0.717, 1.165) is 12.8 Å². The number of carboxylic acids is 1. The van der Waals surface area contributed by atoms with Crippen LogP contribution in [0.4, 0.5) is 0 Å². The average molecular weight is 374 g/mol. The first-order valence-corrected chi connectivity index (χ1v) is 9.23. The van der Waals surface area contributed by atoms with Gasteiger partial charge in [0, 0.05) is 25.7 Å². The predicted octanol–water partition coefficient (Wildman–Crippen LogP) is 2.27. The quantitative estimate of drug-likeness (QED) is 0.295. The third-order valence-corrected chi connectivity index (χ3v) is 3.38. The molecule has 0 radical (unpaired) electrons. The number of primary amides is 2. The summed E-state index contributed by atoms with van der Waals surface area (Å²) < 4.78 is 5.01. The van der Waals surface area contributed by atoms with Crippen molar-refractivity contribution in [2.45, 2.75) is 84.0 Å². The van der Waals surface area contributed by atoms with Gasteiger partial charge < -0.3 is 21.3 Å². The number of ether oxygens (including phenoxy) is 1. The SMILES string of the molecule is CCCCCCOC(=O)CCCCC(=O)O.NC(=O)CCCCC(N)=O. The van der Waals surface area contributed by atoms with Gasteiger partial charge in [0.2, 0.25) is 11.8 Å². The number of unbranched alkanes of at least 4 members (excludes halogenated alkanes) is 5. The number of carboxylic acid groups (broad SMARTS) is 1. The van der Waals surface area contributed by atoms with Crippen molar-refractivity contribution in [2.75, 3.05) is 6.61 Å². The molecule has 0 unspecified atom stereocenters. The standard InChI is InChI=1S/C12H22O4.C6H12N2O2/c1-2-3-4-7-10-16-12(15)9-6-5-8-11(13)14;7-5(9)3-1-2-4-6(8)10/h2-10H2,1H3,(H,13,14);1-4H2,(H2,7,9)(H2,8,10). The Balaban J connectivity index is 0. The summed E-state index contributed by atoms with van der Waals surface area (Å²) in [6.07, 6.45) is 7.96. The van der Waals surface area contributed by atoms with Crippen LogP contribution < -0.4 is 11.5 Å². The molecule has 5 N–H and O–H groups in total. The van der Waals surface area contributed by atoms with E-state index in [2.05, 4.69) is 6.92 Å². The van der Waals surface area contributed by atoms with Crippen molar-refractivity contribution in [1.29, 1.82) is 0 Å². The summed E-state index contributed by atoms with van der Waals surface area (Å²) in [5, 5.41) is 8.39. The number of carbonyl (C=O) groups is 4. The van der Waals surface area contributed by atoms with E-state index >= 15 is 0 Å². The maximum Gasteiger partial charge on any atom is 0.305 e. The average Bonchev–Trinajstić information content (AvgIpc) is 2.55. The molecule has 0 saturated heterocycles. The summed E-state index contributed by atoms with van der Waals surface area (Å²) in [6, 6.07) is 0. The number of carbonyl (C=O) groups excluding carboxylic acids is 3. The molecule has 0 aliphatic rings. The van der Waals surface area contributed by atoms with Gasteiger partial charge in [0.25, 0.3) is 0 Å². The topological polar surface area (TPSA) is 150 Å². The fourth-order valence-corrected chi connectivity index (χ4v) is 1.93. The van der Waals surface area contributed by atoms with Crippen LogP contribution >= 0.6 is 0 Å². The van der Waals surface area contributed by atoms with E-state index in [1.807, 2.05) is 0 Å². The molecular formula is C18H34N2O6. The predicted molar refractivity (Wildman–Crippen MR) is 98.1 cm³/mol. The van der Waals surface area contributed by atoms with Crippen LogP contribution in [0.25, 0.3) is 0 Å². The van der Waals surface area contributed by atoms with Crippen LogP contribution in [0.15, 0.2) is 0 Å². The summed E-state index contributed by atoms with van der Waals surface area (Å²) in [7, 11) is 0. The van der Waals surface area contributed by atoms with Gasteiger partial charge in [0.1, 0.15) is 0 Å². The Kier molecular flexibility index (Phi) is 19.3. The van der Waals surface area contributed by atoms with Gasteiger partial charge in [-0.15, -0.1) is 0 Å². The number of amides is 2. The van der Waals surface area contributed by atoms with Crippen LogP contribution in [0, 0.1) is 0 Å². The molecule has 0 aliphatic heterocycles. The van der Waals surface area contributed by atoms with E-state index in [0.29, 0.717) is 51.6 Å². The van der Waals surface area contributed by atoms with Gasteiger partial charge in [0.05, 0.1) is 6.61 Å². The van der Waals surface area contributed by atoms with Gasteiger partial charge in [-0.3, -0.25) is 19.2 Å². The lowest BCUT2D eigenvalue weighted by atomic mass is 10.2. The first-order valence-electron chi connectivity index (χ1n) is 9.23. The number of nitrogens with two attached hydrogens (primary N) is 2. The second-order valence-corrected chi connectivity index (χ2v) is 6.02. The molecule has 0 fully saturated rings. The van der Waals surface area contributed by atoms with Crippen LogP contribution in [0.3, 0.4) is 0 Å². The zero-order chi connectivity index (χ0) is 20.2. The number of rotatable bonds is 15. The molecular weight excluding hydrogens is 340 g/mol. The van der Waals surface area contributed by atoms with Crippen molar-refractivity contribution >= 4 is 23.8 Å². The van der Waals surface area contributed by atoms with Crippen molar-refractivity contribution in [1.82, 2.24) is 0 Å². The van der Waals surface area contributed by atoms with Crippen LogP contribution in [-0.2, 0) is 23.9 Å². The molecule has 0 atom stereocenters. The number of esters is 1. The molecule has 0 aromatic heterocycles. The molecule has 0 spiro atoms. The van der Waals surface area contributed by atoms with Gasteiger partial charge in [-0.25, -0.2) is 0 Å². The van der Waals surface area contributed by atoms with Gasteiger partial charge in [0.15, 0.2) is 0 Å². The zero-order valence-electron chi connectivity index (χ0n) is 15.8. The highest BCUT2D eigenvalue weighted by Crippen LogP contribution is 2.03. The molecule has 26 heavy (non-hydrogen) atoms. The highest BCUT2D eigenvalue weighted by Gasteiger charge is 2.03. The van der Waals surface area contributed by atoms with E-state index in [-0.39, 0.29) is 24.2 Å². The Morgan fingerprint density at radius 2 is 1.23 bits per heavy atom. The monoisotopic (exact) mass is 374 g/mol. The maximum atomic E-state index is 11.2. The Hall–Kier alpha value is -2.12. The lowest BCUT2D eigenvalue weighted by molar-refractivity contribution is -0.144. The largest absolute Gasteiger partial charge is 0.481 e. The smallest absolute Gasteiger partial charge is 0.305 e. The summed E-state index contributed by atoms with van der Waals surface area (Å²) in [4.78, 5) is 41.7. The fourth-order valence-electron chi connectivity index (χ4n) is 1.93. The number of hydrogen-bond donors (Lipinski definition) is 3. The van der Waals surface area contributed by atoms with E-state index < -0.39 is 5.97 Å². The molecule has 0 aliphatic carbocycles. The van der Waals surface area contributed by atoms with Crippen LogP contribution in [-0.4, -0.2) is 35.5 Å². The minimum absolute atomic E-state index is 0.129. The maximum absolute atomic E-state index is 11.2. The highest BCUT2D eigenvalue weighted by atomic mass is 16.5. The first-order chi connectivity index (χ1) is 12.3. The van der Waals surface area contributed by atoms with Crippen LogP contribution in [0.5, 0.6) is 0 Å². The van der Waals surface area contributed by atoms with E-state index in [9.17, 15) is 19.2 Å². The Labute approximate surface area is 155 Å². The molecule has 0 rings (SSSR count). The van der Waals surface area contributed by atoms with Crippen molar-refractivity contribution in [2.24, 2.45) is 11.5 Å². The number of hydrogen-bond acceptors (Lipinski definition) is 5. The van der Waals surface area contributed by atoms with Gasteiger partial charge in [-0.2, -0.15) is 0 Å². The van der Waals surface area contributed by atoms with Crippen LogP contribution in [0.1, 0.15) is 84.0 Å². The third-order valence-electron chi connectivity index (χ3n) is 3.38. The molecule has 2 amide bonds. The van der Waals surface area contributed by atoms with E-state index in [1.165, 1.54) is 12.8 Å². The molecule has 152 valence electrons. The first kappa shape index (κ1) is 26.1. The summed E-state index contributed by atoms with van der Waals surface area (Å²) in [5.41, 5.74) is 9.71. The lowest BCUT2D eigenvalue weighted by Crippen LogP contribution is -2.12. The molecule has 0 saturated carbocycles. The minimum atomic E-state index is -0.812. The summed E-state index contributed by atoms with van der Waals surface area (Å²) in [6.45, 7) is 2.63. The Bertz CT molecular complexity index is 396. The normalized spacial score (nSPS) is 9.73. The van der Waals surface area contributed by atoms with Crippen molar-refractivity contribution in [3.8, 4) is 0 Å². The molecule has 0 aromatic rings. The second kappa shape index (κ2) is 19.2. The molecule has 0 bridgehead atoms. The number of aliphatic carboxylic acids is 1. The Morgan fingerprint density at radius 3 is 1.69 bits per heavy atom. The lowest BCUT2D eigenvalue weighted by Gasteiger charge is -2.03. The highest BCUT2D eigenvalue weighted by molar-refractivity contribution is 5.74. The van der Waals surface area contributed by atoms with Crippen molar-refractivity contribution < 1.29 is 29.0 Å². The molecule has 0 aromatic carbocycles. The third kappa shape index (κ3) is 26.8. The Morgan fingerprint density at radius 1 is 0.731 bits per heavy atom. The molecule has 0 heterocycles. The molecule has 8 nitrogen and oxygen atoms in total. The van der Waals surface area contributed by atoms with Gasteiger partial charge in [-0.1, -0.05) is 26.2 Å². The summed E-state index contributed by atoms with van der Waals surface area (Å²) >= 11 is 0. The van der Waals surface area contributed by atoms with Crippen molar-refractivity contribution in [3.05, 3.63) is 0 Å². The fraction of sp³-hybridized carbons (Fsp3) is 0.778.